The number of aliphatic imine (C=N–C) groups is 1. The normalized spacial score (nSPS) is 19.3. The molecule has 3 heterocycles. The van der Waals surface area contributed by atoms with Crippen molar-refractivity contribution in [2.45, 2.75) is 46.5 Å². The first-order valence-corrected chi connectivity index (χ1v) is 12.0. The van der Waals surface area contributed by atoms with Gasteiger partial charge in [0.05, 0.1) is 6.54 Å². The Morgan fingerprint density at radius 3 is 2.41 bits per heavy atom. The molecule has 1 aromatic heterocycles. The maximum Gasteiger partial charge on any atom is 0.225 e. The van der Waals surface area contributed by atoms with E-state index >= 15 is 0 Å². The SMILES string of the molecule is CCNC(=NCCC(=O)N1CCN(c2ncccn2)CC1)N1CCC(C(CC)CC)C1.I. The third kappa shape index (κ3) is 7.18. The van der Waals surface area contributed by atoms with Crippen LogP contribution in [0.5, 0.6) is 0 Å². The van der Waals surface area contributed by atoms with Gasteiger partial charge in [-0.3, -0.25) is 9.79 Å². The topological polar surface area (TPSA) is 77.0 Å². The predicted octanol–water partition coefficient (Wildman–Crippen LogP) is 2.86. The molecule has 1 N–H and O–H groups in total. The predicted molar refractivity (Wildman–Crippen MR) is 141 cm³/mol. The number of rotatable bonds is 8. The lowest BCUT2D eigenvalue weighted by Crippen LogP contribution is -2.49. The van der Waals surface area contributed by atoms with Crippen LogP contribution in [-0.2, 0) is 4.79 Å². The number of likely N-dealkylation sites (tertiary alicyclic amines) is 1. The molecule has 9 heteroatoms. The summed E-state index contributed by atoms with van der Waals surface area (Å²) in [5.41, 5.74) is 0. The van der Waals surface area contributed by atoms with Crippen molar-refractivity contribution in [3.63, 3.8) is 0 Å². The smallest absolute Gasteiger partial charge is 0.225 e. The Balaban J connectivity index is 0.00000363. The number of carbonyl (C=O) groups is 1. The molecule has 3 rings (SSSR count). The number of piperazine rings is 1. The molecule has 32 heavy (non-hydrogen) atoms. The van der Waals surface area contributed by atoms with E-state index in [4.69, 9.17) is 4.99 Å². The Morgan fingerprint density at radius 1 is 1.09 bits per heavy atom. The van der Waals surface area contributed by atoms with E-state index in [2.05, 4.69) is 45.9 Å². The number of nitrogens with zero attached hydrogens (tertiary/aromatic N) is 6. The maximum atomic E-state index is 12.7. The molecule has 0 spiro atoms. The second-order valence-electron chi connectivity index (χ2n) is 8.47. The summed E-state index contributed by atoms with van der Waals surface area (Å²) in [5.74, 6) is 3.45. The van der Waals surface area contributed by atoms with Crippen LogP contribution in [0.25, 0.3) is 0 Å². The fraction of sp³-hybridized carbons (Fsp3) is 0.739. The van der Waals surface area contributed by atoms with Crippen LogP contribution in [0.4, 0.5) is 5.95 Å². The summed E-state index contributed by atoms with van der Waals surface area (Å²) in [6, 6.07) is 1.82. The molecule has 1 aromatic rings. The van der Waals surface area contributed by atoms with Crippen LogP contribution in [0.2, 0.25) is 0 Å². The average molecular weight is 558 g/mol. The van der Waals surface area contributed by atoms with Gasteiger partial charge >= 0.3 is 0 Å². The van der Waals surface area contributed by atoms with Gasteiger partial charge in [0, 0.05) is 64.6 Å². The minimum atomic E-state index is 0. The quantitative estimate of drug-likeness (QED) is 0.301. The molecule has 180 valence electrons. The van der Waals surface area contributed by atoms with Crippen molar-refractivity contribution < 1.29 is 4.79 Å². The minimum absolute atomic E-state index is 0. The molecule has 2 fully saturated rings. The molecule has 2 aliphatic heterocycles. The first-order valence-electron chi connectivity index (χ1n) is 12.0. The van der Waals surface area contributed by atoms with Gasteiger partial charge < -0.3 is 20.0 Å². The molecular weight excluding hydrogens is 517 g/mol. The summed E-state index contributed by atoms with van der Waals surface area (Å²) in [4.78, 5) is 32.6. The summed E-state index contributed by atoms with van der Waals surface area (Å²) >= 11 is 0. The lowest BCUT2D eigenvalue weighted by molar-refractivity contribution is -0.131. The van der Waals surface area contributed by atoms with Gasteiger partial charge in [-0.2, -0.15) is 0 Å². The number of carbonyl (C=O) groups excluding carboxylic acids is 1. The van der Waals surface area contributed by atoms with E-state index in [1.165, 1.54) is 19.3 Å². The van der Waals surface area contributed by atoms with Crippen molar-refractivity contribution in [1.82, 2.24) is 25.1 Å². The fourth-order valence-corrected chi connectivity index (χ4v) is 4.77. The van der Waals surface area contributed by atoms with E-state index in [9.17, 15) is 4.79 Å². The third-order valence-corrected chi connectivity index (χ3v) is 6.63. The van der Waals surface area contributed by atoms with Crippen LogP contribution in [0.3, 0.4) is 0 Å². The van der Waals surface area contributed by atoms with E-state index in [0.29, 0.717) is 26.1 Å². The highest BCUT2D eigenvalue weighted by Crippen LogP contribution is 2.28. The number of hydrogen-bond acceptors (Lipinski definition) is 5. The molecule has 0 aliphatic carbocycles. The molecular formula is C23H40IN7O. The molecule has 0 radical (unpaired) electrons. The number of aromatic nitrogens is 2. The first-order chi connectivity index (χ1) is 15.2. The molecule has 0 saturated carbocycles. The minimum Gasteiger partial charge on any atom is -0.357 e. The van der Waals surface area contributed by atoms with Crippen molar-refractivity contribution in [2.75, 3.05) is 57.3 Å². The Kier molecular flexibility index (Phi) is 11.5. The van der Waals surface area contributed by atoms with E-state index in [1.807, 2.05) is 11.0 Å². The van der Waals surface area contributed by atoms with Gasteiger partial charge in [0.1, 0.15) is 0 Å². The molecule has 1 atom stereocenters. The summed E-state index contributed by atoms with van der Waals surface area (Å²) in [6.45, 7) is 13.2. The summed E-state index contributed by atoms with van der Waals surface area (Å²) in [6.07, 6.45) is 7.72. The third-order valence-electron chi connectivity index (χ3n) is 6.63. The van der Waals surface area contributed by atoms with Gasteiger partial charge in [0.25, 0.3) is 0 Å². The molecule has 2 aliphatic rings. The highest BCUT2D eigenvalue weighted by atomic mass is 127. The Hall–Kier alpha value is -1.65. The van der Waals surface area contributed by atoms with Crippen molar-refractivity contribution in [3.05, 3.63) is 18.5 Å². The van der Waals surface area contributed by atoms with Gasteiger partial charge in [0.2, 0.25) is 11.9 Å². The van der Waals surface area contributed by atoms with Crippen molar-refractivity contribution >= 4 is 41.8 Å². The monoisotopic (exact) mass is 557 g/mol. The van der Waals surface area contributed by atoms with Crippen molar-refractivity contribution in [2.24, 2.45) is 16.8 Å². The molecule has 1 unspecified atom stereocenters. The maximum absolute atomic E-state index is 12.7. The molecule has 0 aromatic carbocycles. The molecule has 0 bridgehead atoms. The van der Waals surface area contributed by atoms with Crippen LogP contribution in [-0.4, -0.2) is 84.0 Å². The van der Waals surface area contributed by atoms with E-state index < -0.39 is 0 Å². The Bertz CT molecular complexity index is 706. The van der Waals surface area contributed by atoms with E-state index in [-0.39, 0.29) is 29.9 Å². The largest absolute Gasteiger partial charge is 0.357 e. The number of nitrogens with one attached hydrogen (secondary N) is 1. The standard InChI is InChI=1S/C23H39N7O.HI/c1-4-19(5-2)20-9-13-30(18-20)22(24-6-3)27-12-8-21(31)28-14-16-29(17-15-28)23-25-10-7-11-26-23;/h7,10-11,19-20H,4-6,8-9,12-18H2,1-3H3,(H,24,27);1H. The van der Waals surface area contributed by atoms with Gasteiger partial charge in [-0.25, -0.2) is 9.97 Å². The van der Waals surface area contributed by atoms with E-state index in [1.54, 1.807) is 12.4 Å². The van der Waals surface area contributed by atoms with Crippen LogP contribution in [0.15, 0.2) is 23.5 Å². The van der Waals surface area contributed by atoms with Crippen LogP contribution < -0.4 is 10.2 Å². The number of amides is 1. The molecule has 1 amide bonds. The summed E-state index contributed by atoms with van der Waals surface area (Å²) < 4.78 is 0. The Morgan fingerprint density at radius 2 is 1.78 bits per heavy atom. The van der Waals surface area contributed by atoms with Gasteiger partial charge in [-0.05, 0) is 31.2 Å². The van der Waals surface area contributed by atoms with Gasteiger partial charge in [-0.1, -0.05) is 26.7 Å². The van der Waals surface area contributed by atoms with Crippen molar-refractivity contribution in [1.29, 1.82) is 0 Å². The second-order valence-corrected chi connectivity index (χ2v) is 8.47. The summed E-state index contributed by atoms with van der Waals surface area (Å²) in [5, 5.41) is 3.43. The number of hydrogen-bond donors (Lipinski definition) is 1. The highest BCUT2D eigenvalue weighted by molar-refractivity contribution is 14.0. The second kappa shape index (κ2) is 13.8. The van der Waals surface area contributed by atoms with Gasteiger partial charge in [0.15, 0.2) is 5.96 Å². The molecule has 2 saturated heterocycles. The summed E-state index contributed by atoms with van der Waals surface area (Å²) in [7, 11) is 0. The molecule has 8 nitrogen and oxygen atoms in total. The fourth-order valence-electron chi connectivity index (χ4n) is 4.77. The first kappa shape index (κ1) is 26.6. The zero-order valence-electron chi connectivity index (χ0n) is 19.9. The number of anilines is 1. The zero-order chi connectivity index (χ0) is 22.1. The zero-order valence-corrected chi connectivity index (χ0v) is 22.2. The van der Waals surface area contributed by atoms with Crippen LogP contribution in [0, 0.1) is 11.8 Å². The van der Waals surface area contributed by atoms with Crippen LogP contribution >= 0.6 is 24.0 Å². The lowest BCUT2D eigenvalue weighted by atomic mass is 9.87. The lowest BCUT2D eigenvalue weighted by Gasteiger charge is -2.34. The van der Waals surface area contributed by atoms with E-state index in [0.717, 1.165) is 56.5 Å². The van der Waals surface area contributed by atoms with Crippen molar-refractivity contribution in [3.8, 4) is 0 Å². The van der Waals surface area contributed by atoms with Gasteiger partial charge in [-0.15, -0.1) is 24.0 Å². The average Bonchev–Trinajstić information content (AvgIpc) is 3.30. The van der Waals surface area contributed by atoms with Crippen LogP contribution in [0.1, 0.15) is 46.5 Å². The Labute approximate surface area is 210 Å². The number of guanidine groups is 1. The number of halogens is 1. The highest BCUT2D eigenvalue weighted by Gasteiger charge is 2.29.